The van der Waals surface area contributed by atoms with Crippen LogP contribution >= 0.6 is 15.9 Å². The molecule has 3 rings (SSSR count). The third kappa shape index (κ3) is 3.77. The number of aromatic hydroxyl groups is 4. The van der Waals surface area contributed by atoms with Gasteiger partial charge < -0.3 is 20.4 Å². The fraction of sp³-hybridized carbons (Fsp3) is 0.125. The van der Waals surface area contributed by atoms with E-state index in [0.717, 1.165) is 17.7 Å². The summed E-state index contributed by atoms with van der Waals surface area (Å²) in [4.78, 5) is 10.1. The van der Waals surface area contributed by atoms with Crippen LogP contribution < -0.4 is 0 Å². The molecule has 0 saturated carbocycles. The van der Waals surface area contributed by atoms with Gasteiger partial charge in [-0.1, -0.05) is 21.1 Å². The quantitative estimate of drug-likeness (QED) is 0.270. The van der Waals surface area contributed by atoms with Crippen molar-refractivity contribution in [1.29, 1.82) is 0 Å². The Kier molecular flexibility index (Phi) is 4.86. The van der Waals surface area contributed by atoms with E-state index in [4.69, 9.17) is 0 Å². The summed E-state index contributed by atoms with van der Waals surface area (Å²) in [5.74, 6) is -1.91. The van der Waals surface area contributed by atoms with Crippen LogP contribution in [-0.4, -0.2) is 40.3 Å². The lowest BCUT2D eigenvalue weighted by atomic mass is 10.1. The van der Waals surface area contributed by atoms with Crippen LogP contribution in [0, 0.1) is 10.1 Å². The lowest BCUT2D eigenvalue weighted by Crippen LogP contribution is -2.02. The van der Waals surface area contributed by atoms with E-state index < -0.39 is 22.1 Å². The molecule has 0 bridgehead atoms. The van der Waals surface area contributed by atoms with Crippen molar-refractivity contribution < 1.29 is 25.3 Å². The van der Waals surface area contributed by atoms with E-state index in [1.54, 1.807) is 0 Å². The van der Waals surface area contributed by atoms with Gasteiger partial charge in [-0.15, -0.1) is 5.10 Å². The second-order valence-corrected chi connectivity index (χ2v) is 6.52. The topological polar surface area (TPSA) is 155 Å². The number of nitro groups is 1. The van der Waals surface area contributed by atoms with E-state index >= 15 is 0 Å². The molecule has 0 spiro atoms. The third-order valence-electron chi connectivity index (χ3n) is 3.85. The first-order chi connectivity index (χ1) is 12.8. The number of phenolic OH excluding ortho intramolecular Hbond substituents is 4. The van der Waals surface area contributed by atoms with Gasteiger partial charge in [-0.2, -0.15) is 0 Å². The van der Waals surface area contributed by atoms with Gasteiger partial charge in [0, 0.05) is 22.6 Å². The zero-order chi connectivity index (χ0) is 19.7. The monoisotopic (exact) mass is 436 g/mol. The highest BCUT2D eigenvalue weighted by Gasteiger charge is 2.20. The minimum absolute atomic E-state index is 0.228. The van der Waals surface area contributed by atoms with E-state index in [0.29, 0.717) is 17.4 Å². The summed E-state index contributed by atoms with van der Waals surface area (Å²) in [6.45, 7) is 0.377. The molecule has 0 unspecified atom stereocenters. The summed E-state index contributed by atoms with van der Waals surface area (Å²) in [6, 6.07) is 5.07. The van der Waals surface area contributed by atoms with Gasteiger partial charge in [-0.25, -0.2) is 0 Å². The van der Waals surface area contributed by atoms with E-state index in [9.17, 15) is 30.5 Å². The average Bonchev–Trinajstić information content (AvgIpc) is 3.08. The molecule has 1 aromatic heterocycles. The van der Waals surface area contributed by atoms with Gasteiger partial charge in [0.05, 0.1) is 11.1 Å². The molecule has 10 nitrogen and oxygen atoms in total. The Bertz CT molecular complexity index is 1040. The molecular weight excluding hydrogens is 424 g/mol. The Labute approximate surface area is 160 Å². The van der Waals surface area contributed by atoms with E-state index in [-0.39, 0.29) is 22.8 Å². The van der Waals surface area contributed by atoms with Crippen molar-refractivity contribution in [3.63, 3.8) is 0 Å². The van der Waals surface area contributed by atoms with Crippen LogP contribution in [-0.2, 0) is 13.0 Å². The lowest BCUT2D eigenvalue weighted by molar-refractivity contribution is -0.385. The normalized spacial score (nSPS) is 10.9. The van der Waals surface area contributed by atoms with Gasteiger partial charge in [0.1, 0.15) is 5.69 Å². The number of benzene rings is 2. The summed E-state index contributed by atoms with van der Waals surface area (Å²) in [5, 5.41) is 57.1. The first kappa shape index (κ1) is 18.5. The first-order valence-corrected chi connectivity index (χ1v) is 8.36. The maximum atomic E-state index is 11.0. The van der Waals surface area contributed by atoms with E-state index in [1.165, 1.54) is 23.0 Å². The van der Waals surface area contributed by atoms with Gasteiger partial charge in [0.25, 0.3) is 0 Å². The highest BCUT2D eigenvalue weighted by Crippen LogP contribution is 2.38. The molecule has 0 aliphatic heterocycles. The Balaban J connectivity index is 1.82. The molecule has 4 N–H and O–H groups in total. The molecule has 140 valence electrons. The minimum Gasteiger partial charge on any atom is -0.504 e. The molecule has 3 aromatic rings. The first-order valence-electron chi connectivity index (χ1n) is 7.57. The second-order valence-electron chi connectivity index (χ2n) is 5.67. The summed E-state index contributed by atoms with van der Waals surface area (Å²) >= 11 is 3.30. The van der Waals surface area contributed by atoms with Gasteiger partial charge in [0.15, 0.2) is 17.2 Å². The lowest BCUT2D eigenvalue weighted by Gasteiger charge is -2.06. The van der Waals surface area contributed by atoms with Crippen LogP contribution in [0.4, 0.5) is 5.69 Å². The Morgan fingerprint density at radius 1 is 1.07 bits per heavy atom. The van der Waals surface area contributed by atoms with Crippen molar-refractivity contribution in [2.45, 2.75) is 13.0 Å². The molecular formula is C16H13BrN4O6. The molecule has 0 atom stereocenters. The summed E-state index contributed by atoms with van der Waals surface area (Å²) in [5.41, 5.74) is 0.607. The smallest absolute Gasteiger partial charge is 0.315 e. The van der Waals surface area contributed by atoms with Crippen LogP contribution in [0.15, 0.2) is 34.9 Å². The Hall–Kier alpha value is -3.34. The fourth-order valence-electron chi connectivity index (χ4n) is 2.45. The molecule has 0 aliphatic carbocycles. The zero-order valence-corrected chi connectivity index (χ0v) is 15.2. The van der Waals surface area contributed by atoms with Gasteiger partial charge in [-0.05, 0) is 30.2 Å². The SMILES string of the molecule is O=[N+]([O-])c1cc(-c2cn(CCc3cc(O)c(O)cc3Br)nn2)cc(O)c1O. The molecule has 0 amide bonds. The Morgan fingerprint density at radius 2 is 1.78 bits per heavy atom. The predicted octanol–water partition coefficient (Wildman–Crippen LogP) is 2.68. The van der Waals surface area contributed by atoms with E-state index in [2.05, 4.69) is 26.2 Å². The zero-order valence-electron chi connectivity index (χ0n) is 13.6. The van der Waals surface area contributed by atoms with Crippen LogP contribution in [0.3, 0.4) is 0 Å². The molecule has 0 radical (unpaired) electrons. The van der Waals surface area contributed by atoms with Gasteiger partial charge in [0.2, 0.25) is 5.75 Å². The fourth-order valence-corrected chi connectivity index (χ4v) is 2.98. The maximum absolute atomic E-state index is 11.0. The average molecular weight is 437 g/mol. The number of nitrogens with zero attached hydrogens (tertiary/aromatic N) is 4. The van der Waals surface area contributed by atoms with Crippen LogP contribution in [0.2, 0.25) is 0 Å². The standard InChI is InChI=1S/C16H13BrN4O6/c17-10-6-14(23)13(22)4-8(10)1-2-20-7-11(18-19-20)9-3-12(21(26)27)16(25)15(24)5-9/h3-7,22-25H,1-2H2. The third-order valence-corrected chi connectivity index (χ3v) is 4.59. The van der Waals surface area contributed by atoms with Crippen molar-refractivity contribution in [3.8, 4) is 34.3 Å². The summed E-state index contributed by atoms with van der Waals surface area (Å²) in [7, 11) is 0. The van der Waals surface area contributed by atoms with Gasteiger partial charge >= 0.3 is 5.69 Å². The molecule has 11 heteroatoms. The number of halogens is 1. The van der Waals surface area contributed by atoms with Crippen LogP contribution in [0.1, 0.15) is 5.56 Å². The molecule has 0 saturated heterocycles. The number of rotatable bonds is 5. The van der Waals surface area contributed by atoms with Crippen molar-refractivity contribution in [2.24, 2.45) is 0 Å². The van der Waals surface area contributed by atoms with Crippen molar-refractivity contribution >= 4 is 21.6 Å². The molecule has 1 heterocycles. The molecule has 2 aromatic carbocycles. The summed E-state index contributed by atoms with van der Waals surface area (Å²) in [6.07, 6.45) is 1.99. The number of hydrogen-bond acceptors (Lipinski definition) is 8. The van der Waals surface area contributed by atoms with Crippen LogP contribution in [0.25, 0.3) is 11.3 Å². The highest BCUT2D eigenvalue weighted by molar-refractivity contribution is 9.10. The largest absolute Gasteiger partial charge is 0.504 e. The second kappa shape index (κ2) is 7.11. The summed E-state index contributed by atoms with van der Waals surface area (Å²) < 4.78 is 2.11. The van der Waals surface area contributed by atoms with Gasteiger partial charge in [-0.3, -0.25) is 14.8 Å². The number of phenols is 4. The van der Waals surface area contributed by atoms with Crippen molar-refractivity contribution in [3.05, 3.63) is 50.6 Å². The Morgan fingerprint density at radius 3 is 2.48 bits per heavy atom. The minimum atomic E-state index is -0.812. The number of aromatic nitrogens is 3. The number of nitro benzene ring substituents is 1. The maximum Gasteiger partial charge on any atom is 0.315 e. The number of aryl methyl sites for hydroxylation is 2. The van der Waals surface area contributed by atoms with Crippen LogP contribution in [0.5, 0.6) is 23.0 Å². The predicted molar refractivity (Wildman–Crippen MR) is 96.6 cm³/mol. The molecule has 0 fully saturated rings. The number of hydrogen-bond donors (Lipinski definition) is 4. The highest BCUT2D eigenvalue weighted by atomic mass is 79.9. The molecule has 0 aliphatic rings. The van der Waals surface area contributed by atoms with E-state index in [1.807, 2.05) is 0 Å². The van der Waals surface area contributed by atoms with Crippen molar-refractivity contribution in [2.75, 3.05) is 0 Å². The molecule has 27 heavy (non-hydrogen) atoms. The van der Waals surface area contributed by atoms with Crippen molar-refractivity contribution in [1.82, 2.24) is 15.0 Å².